The van der Waals surface area contributed by atoms with Gasteiger partial charge in [-0.25, -0.2) is 9.78 Å². The zero-order valence-electron chi connectivity index (χ0n) is 14.9. The molecule has 0 saturated carbocycles. The van der Waals surface area contributed by atoms with Crippen molar-refractivity contribution in [1.82, 2.24) is 10.3 Å². The van der Waals surface area contributed by atoms with E-state index in [1.54, 1.807) is 32.6 Å². The van der Waals surface area contributed by atoms with Crippen molar-refractivity contribution in [2.75, 3.05) is 18.0 Å². The minimum Gasteiger partial charge on any atom is -0.444 e. The maximum atomic E-state index is 13.2. The molecular formula is C17H24F3N3O2. The molecule has 0 atom stereocenters. The Morgan fingerprint density at radius 1 is 1.28 bits per heavy atom. The third-order valence-electron chi connectivity index (χ3n) is 3.82. The molecule has 1 aromatic heterocycles. The summed E-state index contributed by atoms with van der Waals surface area (Å²) in [7, 11) is 0. The lowest BCUT2D eigenvalue weighted by atomic mass is 10.0. The number of nitrogens with zero attached hydrogens (tertiary/aromatic N) is 2. The molecule has 1 aliphatic rings. The predicted molar refractivity (Wildman–Crippen MR) is 88.6 cm³/mol. The molecule has 0 radical (unpaired) electrons. The van der Waals surface area contributed by atoms with Crippen LogP contribution in [0.1, 0.15) is 44.7 Å². The fourth-order valence-corrected chi connectivity index (χ4v) is 2.73. The Labute approximate surface area is 145 Å². The highest BCUT2D eigenvalue weighted by Gasteiger charge is 2.37. The zero-order chi connectivity index (χ0) is 18.8. The molecule has 2 heterocycles. The van der Waals surface area contributed by atoms with Gasteiger partial charge in [0, 0.05) is 25.3 Å². The van der Waals surface area contributed by atoms with Gasteiger partial charge in [-0.3, -0.25) is 0 Å². The molecule has 25 heavy (non-hydrogen) atoms. The topological polar surface area (TPSA) is 54.5 Å². The number of hydrogen-bond donors (Lipinski definition) is 1. The summed E-state index contributed by atoms with van der Waals surface area (Å²) in [5, 5.41) is 2.77. The van der Waals surface area contributed by atoms with Crippen LogP contribution in [0.25, 0.3) is 0 Å². The maximum absolute atomic E-state index is 13.2. The lowest BCUT2D eigenvalue weighted by Gasteiger charge is -2.34. The second-order valence-electron chi connectivity index (χ2n) is 7.29. The highest BCUT2D eigenvalue weighted by Crippen LogP contribution is 2.36. The predicted octanol–water partition coefficient (Wildman–Crippen LogP) is 3.90. The van der Waals surface area contributed by atoms with E-state index in [1.165, 1.54) is 6.20 Å². The number of hydrogen-bond acceptors (Lipinski definition) is 4. The van der Waals surface area contributed by atoms with Gasteiger partial charge >= 0.3 is 12.3 Å². The largest absolute Gasteiger partial charge is 0.444 e. The number of halogens is 3. The lowest BCUT2D eigenvalue weighted by Crippen LogP contribution is -2.46. The van der Waals surface area contributed by atoms with E-state index in [1.807, 2.05) is 0 Å². The van der Waals surface area contributed by atoms with Gasteiger partial charge in [-0.05, 0) is 52.2 Å². The standard InChI is InChI=1S/C17H24F3N3O2/c1-11-9-13(17(18,19)20)14(21-10-11)23-7-5-12(6-8-23)22-15(24)25-16(2,3)4/h9-10,12H,5-8H2,1-4H3,(H,22,24). The molecule has 0 aliphatic carbocycles. The number of carbonyl (C=O) groups excluding carboxylic acids is 1. The molecule has 140 valence electrons. The molecule has 1 N–H and O–H groups in total. The average Bonchev–Trinajstić information content (AvgIpc) is 2.45. The van der Waals surface area contributed by atoms with Gasteiger partial charge in [0.25, 0.3) is 0 Å². The first-order valence-electron chi connectivity index (χ1n) is 8.24. The van der Waals surface area contributed by atoms with Crippen LogP contribution >= 0.6 is 0 Å². The van der Waals surface area contributed by atoms with E-state index in [-0.39, 0.29) is 11.9 Å². The number of rotatable bonds is 2. The SMILES string of the molecule is Cc1cnc(N2CCC(NC(=O)OC(C)(C)C)CC2)c(C(F)(F)F)c1. The number of nitrogens with one attached hydrogen (secondary N) is 1. The first-order chi connectivity index (χ1) is 11.5. The van der Waals surface area contributed by atoms with Crippen molar-refractivity contribution in [3.8, 4) is 0 Å². The van der Waals surface area contributed by atoms with E-state index in [4.69, 9.17) is 4.74 Å². The summed E-state index contributed by atoms with van der Waals surface area (Å²) in [4.78, 5) is 17.4. The monoisotopic (exact) mass is 359 g/mol. The quantitative estimate of drug-likeness (QED) is 0.870. The minimum absolute atomic E-state index is 0.0474. The number of pyridine rings is 1. The number of piperidine rings is 1. The summed E-state index contributed by atoms with van der Waals surface area (Å²) >= 11 is 0. The highest BCUT2D eigenvalue weighted by molar-refractivity contribution is 5.68. The number of ether oxygens (including phenoxy) is 1. The number of carbonyl (C=O) groups is 1. The number of amides is 1. The summed E-state index contributed by atoms with van der Waals surface area (Å²) in [5.74, 6) is -0.0474. The number of alkyl carbamates (subject to hydrolysis) is 1. The summed E-state index contributed by atoms with van der Waals surface area (Å²) in [6.45, 7) is 7.69. The van der Waals surface area contributed by atoms with Crippen LogP contribution in [0.3, 0.4) is 0 Å². The Bertz CT molecular complexity index is 619. The van der Waals surface area contributed by atoms with Crippen molar-refractivity contribution in [3.63, 3.8) is 0 Å². The maximum Gasteiger partial charge on any atom is 0.419 e. The molecule has 0 aromatic carbocycles. The van der Waals surface area contributed by atoms with Gasteiger partial charge in [0.05, 0.1) is 5.56 Å². The van der Waals surface area contributed by atoms with Gasteiger partial charge in [0.15, 0.2) is 0 Å². The number of alkyl halides is 3. The summed E-state index contributed by atoms with van der Waals surface area (Å²) in [6, 6.07) is 0.999. The zero-order valence-corrected chi connectivity index (χ0v) is 14.9. The highest BCUT2D eigenvalue weighted by atomic mass is 19.4. The number of anilines is 1. The van der Waals surface area contributed by atoms with E-state index >= 15 is 0 Å². The fraction of sp³-hybridized carbons (Fsp3) is 0.647. The molecule has 1 amide bonds. The summed E-state index contributed by atoms with van der Waals surface area (Å²) < 4.78 is 45.0. The molecule has 0 unspecified atom stereocenters. The first kappa shape index (κ1) is 19.3. The van der Waals surface area contributed by atoms with Crippen LogP contribution in [0.15, 0.2) is 12.3 Å². The molecule has 8 heteroatoms. The summed E-state index contributed by atoms with van der Waals surface area (Å²) in [6.07, 6.45) is -2.44. The molecular weight excluding hydrogens is 335 g/mol. The Morgan fingerprint density at radius 3 is 2.40 bits per heavy atom. The minimum atomic E-state index is -4.44. The summed E-state index contributed by atoms with van der Waals surface area (Å²) in [5.41, 5.74) is -0.832. The Balaban J connectivity index is 2.00. The molecule has 1 fully saturated rings. The van der Waals surface area contributed by atoms with Gasteiger partial charge in [-0.1, -0.05) is 0 Å². The van der Waals surface area contributed by atoms with E-state index in [0.29, 0.717) is 31.5 Å². The van der Waals surface area contributed by atoms with Crippen molar-refractivity contribution in [2.24, 2.45) is 0 Å². The van der Waals surface area contributed by atoms with Crippen molar-refractivity contribution in [3.05, 3.63) is 23.4 Å². The van der Waals surface area contributed by atoms with Crippen molar-refractivity contribution in [1.29, 1.82) is 0 Å². The van der Waals surface area contributed by atoms with Gasteiger partial charge in [0.1, 0.15) is 11.4 Å². The first-order valence-corrected chi connectivity index (χ1v) is 8.24. The molecule has 1 aliphatic heterocycles. The van der Waals surface area contributed by atoms with E-state index < -0.39 is 23.4 Å². The van der Waals surface area contributed by atoms with Gasteiger partial charge < -0.3 is 15.0 Å². The third kappa shape index (κ3) is 5.51. The molecule has 1 saturated heterocycles. The Kier molecular flexibility index (Phi) is 5.49. The van der Waals surface area contributed by atoms with Crippen molar-refractivity contribution >= 4 is 11.9 Å². The second kappa shape index (κ2) is 7.09. The van der Waals surface area contributed by atoms with Gasteiger partial charge in [-0.2, -0.15) is 13.2 Å². The number of aryl methyl sites for hydroxylation is 1. The van der Waals surface area contributed by atoms with Crippen molar-refractivity contribution < 1.29 is 22.7 Å². The van der Waals surface area contributed by atoms with E-state index in [2.05, 4.69) is 10.3 Å². The van der Waals surface area contributed by atoms with Crippen LogP contribution in [0.2, 0.25) is 0 Å². The fourth-order valence-electron chi connectivity index (χ4n) is 2.73. The molecule has 5 nitrogen and oxygen atoms in total. The van der Waals surface area contributed by atoms with Gasteiger partial charge in [0.2, 0.25) is 0 Å². The van der Waals surface area contributed by atoms with Crippen LogP contribution < -0.4 is 10.2 Å². The molecule has 0 spiro atoms. The van der Waals surface area contributed by atoms with Crippen LogP contribution in [0.5, 0.6) is 0 Å². The van der Waals surface area contributed by atoms with Crippen LogP contribution in [0.4, 0.5) is 23.8 Å². The van der Waals surface area contributed by atoms with E-state index in [9.17, 15) is 18.0 Å². The normalized spacial score (nSPS) is 16.7. The molecule has 1 aromatic rings. The Hall–Kier alpha value is -1.99. The van der Waals surface area contributed by atoms with Crippen LogP contribution in [0, 0.1) is 6.92 Å². The number of aromatic nitrogens is 1. The van der Waals surface area contributed by atoms with E-state index in [0.717, 1.165) is 6.07 Å². The third-order valence-corrected chi connectivity index (χ3v) is 3.82. The van der Waals surface area contributed by atoms with Gasteiger partial charge in [-0.15, -0.1) is 0 Å². The van der Waals surface area contributed by atoms with Crippen LogP contribution in [-0.4, -0.2) is 35.8 Å². The van der Waals surface area contributed by atoms with Crippen molar-refractivity contribution in [2.45, 2.75) is 58.4 Å². The Morgan fingerprint density at radius 2 is 1.88 bits per heavy atom. The second-order valence-corrected chi connectivity index (χ2v) is 7.29. The lowest BCUT2D eigenvalue weighted by molar-refractivity contribution is -0.137. The van der Waals surface area contributed by atoms with Crippen LogP contribution in [-0.2, 0) is 10.9 Å². The average molecular weight is 359 g/mol. The smallest absolute Gasteiger partial charge is 0.419 e. The molecule has 0 bridgehead atoms. The molecule has 2 rings (SSSR count).